The predicted molar refractivity (Wildman–Crippen MR) is 90.2 cm³/mol. The minimum Gasteiger partial charge on any atom is -0.373 e. The SMILES string of the molecule is CCc1nc(NC)c(C)c(N2CCC(CC)(CC)CC2)n1. The molecule has 0 spiro atoms. The second kappa shape index (κ2) is 6.63. The lowest BCUT2D eigenvalue weighted by Gasteiger charge is -2.42. The van der Waals surface area contributed by atoms with Crippen molar-refractivity contribution in [2.24, 2.45) is 5.41 Å². The Morgan fingerprint density at radius 3 is 2.19 bits per heavy atom. The van der Waals surface area contributed by atoms with Crippen molar-refractivity contribution in [1.82, 2.24) is 9.97 Å². The number of piperidine rings is 1. The summed E-state index contributed by atoms with van der Waals surface area (Å²) in [7, 11) is 1.94. The number of nitrogens with zero attached hydrogens (tertiary/aromatic N) is 3. The molecule has 21 heavy (non-hydrogen) atoms. The number of hydrogen-bond acceptors (Lipinski definition) is 4. The minimum atomic E-state index is 0.552. The van der Waals surface area contributed by atoms with Crippen LogP contribution in [-0.4, -0.2) is 30.1 Å². The van der Waals surface area contributed by atoms with Crippen molar-refractivity contribution in [2.75, 3.05) is 30.4 Å². The number of nitrogens with one attached hydrogen (secondary N) is 1. The van der Waals surface area contributed by atoms with Gasteiger partial charge in [-0.3, -0.25) is 0 Å². The Hall–Kier alpha value is -1.32. The molecule has 0 bridgehead atoms. The largest absolute Gasteiger partial charge is 0.373 e. The van der Waals surface area contributed by atoms with Gasteiger partial charge in [0.05, 0.1) is 0 Å². The van der Waals surface area contributed by atoms with Crippen molar-refractivity contribution < 1.29 is 0 Å². The summed E-state index contributed by atoms with van der Waals surface area (Å²) in [6.45, 7) is 11.1. The maximum atomic E-state index is 4.80. The monoisotopic (exact) mass is 290 g/mol. The summed E-state index contributed by atoms with van der Waals surface area (Å²) in [5.41, 5.74) is 1.73. The van der Waals surface area contributed by atoms with Gasteiger partial charge in [0.25, 0.3) is 0 Å². The second-order valence-corrected chi connectivity index (χ2v) is 6.23. The molecule has 1 saturated heterocycles. The molecule has 1 N–H and O–H groups in total. The number of anilines is 2. The van der Waals surface area contributed by atoms with E-state index in [1.807, 2.05) is 7.05 Å². The first-order valence-electron chi connectivity index (χ1n) is 8.39. The number of aryl methyl sites for hydroxylation is 1. The summed E-state index contributed by atoms with van der Waals surface area (Å²) < 4.78 is 0. The fourth-order valence-electron chi connectivity index (χ4n) is 3.41. The van der Waals surface area contributed by atoms with Crippen molar-refractivity contribution >= 4 is 11.6 Å². The predicted octanol–water partition coefficient (Wildman–Crippen LogP) is 3.80. The Bertz CT molecular complexity index is 470. The molecule has 4 heteroatoms. The molecule has 4 nitrogen and oxygen atoms in total. The quantitative estimate of drug-likeness (QED) is 0.895. The summed E-state index contributed by atoms with van der Waals surface area (Å²) in [6, 6.07) is 0. The first-order chi connectivity index (χ1) is 10.1. The molecule has 2 heterocycles. The molecule has 0 aromatic carbocycles. The second-order valence-electron chi connectivity index (χ2n) is 6.23. The van der Waals surface area contributed by atoms with E-state index in [4.69, 9.17) is 4.98 Å². The molecular formula is C17H30N4. The third kappa shape index (κ3) is 3.14. The van der Waals surface area contributed by atoms with Gasteiger partial charge < -0.3 is 10.2 Å². The van der Waals surface area contributed by atoms with E-state index in [2.05, 4.69) is 42.9 Å². The minimum absolute atomic E-state index is 0.552. The summed E-state index contributed by atoms with van der Waals surface area (Å²) in [4.78, 5) is 11.8. The fourth-order valence-corrected chi connectivity index (χ4v) is 3.41. The van der Waals surface area contributed by atoms with E-state index >= 15 is 0 Å². The van der Waals surface area contributed by atoms with Gasteiger partial charge in [-0.2, -0.15) is 0 Å². The standard InChI is InChI=1S/C17H30N4/c1-6-14-19-15(18-5)13(4)16(20-14)21-11-9-17(7-2,8-3)10-12-21/h6-12H2,1-5H3,(H,18,19,20). The molecule has 118 valence electrons. The molecule has 1 fully saturated rings. The van der Waals surface area contributed by atoms with E-state index in [9.17, 15) is 0 Å². The summed E-state index contributed by atoms with van der Waals surface area (Å²) in [6.07, 6.45) is 6.02. The van der Waals surface area contributed by atoms with Gasteiger partial charge in [-0.25, -0.2) is 9.97 Å². The van der Waals surface area contributed by atoms with Crippen molar-refractivity contribution in [3.63, 3.8) is 0 Å². The molecule has 0 saturated carbocycles. The molecule has 0 radical (unpaired) electrons. The van der Waals surface area contributed by atoms with Crippen LogP contribution in [0.25, 0.3) is 0 Å². The van der Waals surface area contributed by atoms with Gasteiger partial charge >= 0.3 is 0 Å². The first-order valence-corrected chi connectivity index (χ1v) is 8.39. The van der Waals surface area contributed by atoms with E-state index in [0.29, 0.717) is 5.41 Å². The van der Waals surface area contributed by atoms with Crippen LogP contribution in [0.2, 0.25) is 0 Å². The van der Waals surface area contributed by atoms with E-state index in [1.165, 1.54) is 31.2 Å². The molecule has 0 atom stereocenters. The molecule has 0 aliphatic carbocycles. The molecule has 0 unspecified atom stereocenters. The van der Waals surface area contributed by atoms with E-state index in [-0.39, 0.29) is 0 Å². The lowest BCUT2D eigenvalue weighted by atomic mass is 9.74. The van der Waals surface area contributed by atoms with Crippen LogP contribution in [0.4, 0.5) is 11.6 Å². The lowest BCUT2D eigenvalue weighted by molar-refractivity contribution is 0.199. The first kappa shape index (κ1) is 16.1. The Labute approximate surface area is 129 Å². The molecule has 0 amide bonds. The highest BCUT2D eigenvalue weighted by molar-refractivity contribution is 5.58. The van der Waals surface area contributed by atoms with Crippen molar-refractivity contribution in [3.8, 4) is 0 Å². The van der Waals surface area contributed by atoms with Gasteiger partial charge in [0.2, 0.25) is 0 Å². The Morgan fingerprint density at radius 1 is 1.10 bits per heavy atom. The van der Waals surface area contributed by atoms with E-state index in [1.54, 1.807) is 0 Å². The van der Waals surface area contributed by atoms with Crippen LogP contribution in [0.3, 0.4) is 0 Å². The molecule has 1 aromatic rings. The van der Waals surface area contributed by atoms with Gasteiger partial charge in [-0.15, -0.1) is 0 Å². The number of rotatable bonds is 5. The average molecular weight is 290 g/mol. The van der Waals surface area contributed by atoms with Gasteiger partial charge in [0.1, 0.15) is 17.5 Å². The summed E-state index contributed by atoms with van der Waals surface area (Å²) in [5.74, 6) is 3.04. The van der Waals surface area contributed by atoms with Crippen molar-refractivity contribution in [1.29, 1.82) is 0 Å². The van der Waals surface area contributed by atoms with Crippen LogP contribution in [0, 0.1) is 12.3 Å². The Morgan fingerprint density at radius 2 is 1.71 bits per heavy atom. The van der Waals surface area contributed by atoms with Gasteiger partial charge in [-0.1, -0.05) is 33.6 Å². The maximum Gasteiger partial charge on any atom is 0.137 e. The highest BCUT2D eigenvalue weighted by Crippen LogP contribution is 2.39. The Kier molecular flexibility index (Phi) is 5.07. The number of hydrogen-bond donors (Lipinski definition) is 1. The highest BCUT2D eigenvalue weighted by Gasteiger charge is 2.32. The third-order valence-corrected chi connectivity index (χ3v) is 5.34. The van der Waals surface area contributed by atoms with Crippen LogP contribution in [0.1, 0.15) is 57.8 Å². The summed E-state index contributed by atoms with van der Waals surface area (Å²) in [5, 5.41) is 3.21. The van der Waals surface area contributed by atoms with Crippen LogP contribution in [0.15, 0.2) is 0 Å². The van der Waals surface area contributed by atoms with Crippen molar-refractivity contribution in [3.05, 3.63) is 11.4 Å². The topological polar surface area (TPSA) is 41.1 Å². The Balaban J connectivity index is 2.24. The molecule has 2 rings (SSSR count). The third-order valence-electron chi connectivity index (χ3n) is 5.34. The average Bonchev–Trinajstić information content (AvgIpc) is 2.55. The lowest BCUT2D eigenvalue weighted by Crippen LogP contribution is -2.40. The molecular weight excluding hydrogens is 260 g/mol. The van der Waals surface area contributed by atoms with Gasteiger partial charge in [-0.05, 0) is 25.2 Å². The molecule has 1 aromatic heterocycles. The maximum absolute atomic E-state index is 4.80. The zero-order chi connectivity index (χ0) is 15.5. The molecule has 1 aliphatic heterocycles. The smallest absolute Gasteiger partial charge is 0.137 e. The van der Waals surface area contributed by atoms with Crippen LogP contribution >= 0.6 is 0 Å². The summed E-state index contributed by atoms with van der Waals surface area (Å²) >= 11 is 0. The van der Waals surface area contributed by atoms with Crippen LogP contribution in [-0.2, 0) is 6.42 Å². The van der Waals surface area contributed by atoms with E-state index < -0.39 is 0 Å². The normalized spacial score (nSPS) is 17.9. The number of aromatic nitrogens is 2. The van der Waals surface area contributed by atoms with Crippen LogP contribution in [0.5, 0.6) is 0 Å². The molecule has 1 aliphatic rings. The zero-order valence-corrected chi connectivity index (χ0v) is 14.3. The van der Waals surface area contributed by atoms with Gasteiger partial charge in [0.15, 0.2) is 0 Å². The fraction of sp³-hybridized carbons (Fsp3) is 0.765. The zero-order valence-electron chi connectivity index (χ0n) is 14.3. The van der Waals surface area contributed by atoms with Crippen molar-refractivity contribution in [2.45, 2.75) is 59.8 Å². The van der Waals surface area contributed by atoms with Gasteiger partial charge in [0, 0.05) is 32.1 Å². The van der Waals surface area contributed by atoms with Crippen LogP contribution < -0.4 is 10.2 Å². The van der Waals surface area contributed by atoms with E-state index in [0.717, 1.165) is 37.0 Å². The highest BCUT2D eigenvalue weighted by atomic mass is 15.2.